The second kappa shape index (κ2) is 4.42. The molecule has 2 aromatic carbocycles. The molecule has 0 aliphatic rings. The third kappa shape index (κ3) is 1.66. The van der Waals surface area contributed by atoms with Crippen molar-refractivity contribution < 1.29 is 0 Å². The monoisotopic (exact) mass is 256 g/mol. The fraction of sp³-hybridized carbons (Fsp3) is 0. The minimum Gasteiger partial charge on any atom is -0.256 e. The van der Waals surface area contributed by atoms with Crippen LogP contribution in [0.25, 0.3) is 32.9 Å². The molecule has 0 aliphatic carbocycles. The van der Waals surface area contributed by atoms with E-state index in [9.17, 15) is 0 Å². The first-order valence-corrected chi connectivity index (χ1v) is 6.61. The highest BCUT2D eigenvalue weighted by atomic mass is 14.7. The minimum absolute atomic E-state index is 1.02. The van der Waals surface area contributed by atoms with Crippen LogP contribution in [-0.4, -0.2) is 9.97 Å². The highest BCUT2D eigenvalue weighted by molar-refractivity contribution is 6.02. The number of aromatic nitrogens is 2. The van der Waals surface area contributed by atoms with Gasteiger partial charge in [-0.05, 0) is 12.1 Å². The molecule has 0 unspecified atom stereocenters. The zero-order chi connectivity index (χ0) is 13.4. The topological polar surface area (TPSA) is 25.8 Å². The lowest BCUT2D eigenvalue weighted by atomic mass is 9.99. The molecule has 0 amide bonds. The zero-order valence-electron chi connectivity index (χ0n) is 10.8. The summed E-state index contributed by atoms with van der Waals surface area (Å²) in [6, 6.07) is 20.6. The van der Waals surface area contributed by atoms with Crippen molar-refractivity contribution >= 4 is 21.8 Å². The van der Waals surface area contributed by atoms with Gasteiger partial charge in [-0.3, -0.25) is 9.97 Å². The zero-order valence-corrected chi connectivity index (χ0v) is 10.8. The van der Waals surface area contributed by atoms with Crippen LogP contribution in [0.2, 0.25) is 0 Å². The van der Waals surface area contributed by atoms with Gasteiger partial charge in [0.1, 0.15) is 0 Å². The van der Waals surface area contributed by atoms with Gasteiger partial charge in [-0.2, -0.15) is 0 Å². The van der Waals surface area contributed by atoms with E-state index in [2.05, 4.69) is 58.5 Å². The van der Waals surface area contributed by atoms with Crippen molar-refractivity contribution in [3.8, 4) is 11.1 Å². The molecule has 2 nitrogen and oxygen atoms in total. The van der Waals surface area contributed by atoms with Gasteiger partial charge < -0.3 is 0 Å². The second-order valence-corrected chi connectivity index (χ2v) is 4.76. The normalized spacial score (nSPS) is 11.0. The van der Waals surface area contributed by atoms with Crippen molar-refractivity contribution in [1.29, 1.82) is 0 Å². The van der Waals surface area contributed by atoms with Crippen molar-refractivity contribution in [2.75, 3.05) is 0 Å². The molecule has 4 aromatic rings. The minimum atomic E-state index is 1.02. The Balaban J connectivity index is 2.12. The molecule has 0 fully saturated rings. The van der Waals surface area contributed by atoms with Crippen LogP contribution in [0.15, 0.2) is 73.1 Å². The fourth-order valence-corrected chi connectivity index (χ4v) is 2.64. The fourth-order valence-electron chi connectivity index (χ4n) is 2.64. The molecule has 0 spiro atoms. The van der Waals surface area contributed by atoms with Crippen LogP contribution in [0.1, 0.15) is 0 Å². The Morgan fingerprint density at radius 2 is 0.950 bits per heavy atom. The van der Waals surface area contributed by atoms with Gasteiger partial charge in [-0.1, -0.05) is 48.5 Å². The first-order chi connectivity index (χ1) is 9.93. The van der Waals surface area contributed by atoms with Gasteiger partial charge in [0, 0.05) is 34.3 Å². The Kier molecular flexibility index (Phi) is 2.46. The Morgan fingerprint density at radius 1 is 0.500 bits per heavy atom. The molecule has 94 valence electrons. The summed E-state index contributed by atoms with van der Waals surface area (Å²) in [6.07, 6.45) is 3.68. The summed E-state index contributed by atoms with van der Waals surface area (Å²) in [5, 5.41) is 2.30. The lowest BCUT2D eigenvalue weighted by molar-refractivity contribution is 1.39. The molecule has 0 aliphatic heterocycles. The summed E-state index contributed by atoms with van der Waals surface area (Å²) in [7, 11) is 0. The van der Waals surface area contributed by atoms with Crippen LogP contribution < -0.4 is 0 Å². The molecule has 0 bridgehead atoms. The van der Waals surface area contributed by atoms with E-state index < -0.39 is 0 Å². The summed E-state index contributed by atoms with van der Waals surface area (Å²) in [4.78, 5) is 9.07. The summed E-state index contributed by atoms with van der Waals surface area (Å²) < 4.78 is 0. The Hall–Kier alpha value is -2.74. The predicted molar refractivity (Wildman–Crippen MR) is 82.5 cm³/mol. The first kappa shape index (κ1) is 11.1. The molecular weight excluding hydrogens is 244 g/mol. The highest BCUT2D eigenvalue weighted by Crippen LogP contribution is 2.31. The summed E-state index contributed by atoms with van der Waals surface area (Å²) in [6.45, 7) is 0. The van der Waals surface area contributed by atoms with E-state index in [1.165, 1.54) is 0 Å². The lowest BCUT2D eigenvalue weighted by Crippen LogP contribution is -1.87. The third-order valence-electron chi connectivity index (χ3n) is 3.56. The summed E-state index contributed by atoms with van der Waals surface area (Å²) in [5.41, 5.74) is 4.31. The number of rotatable bonds is 1. The molecular formula is C18H12N2. The van der Waals surface area contributed by atoms with Crippen molar-refractivity contribution in [1.82, 2.24) is 9.97 Å². The van der Waals surface area contributed by atoms with E-state index in [0.717, 1.165) is 32.9 Å². The standard InChI is InChI=1S/C18H12N2/c1-5-13-7-3-11-19-17(13)15(9-1)16-10-2-6-14-8-4-12-20-18(14)16/h1-12H. The van der Waals surface area contributed by atoms with E-state index >= 15 is 0 Å². The maximum atomic E-state index is 4.54. The average molecular weight is 256 g/mol. The molecule has 2 heterocycles. The van der Waals surface area contributed by atoms with Crippen LogP contribution in [-0.2, 0) is 0 Å². The SMILES string of the molecule is c1cnc2c(-c3cccc4cccnc34)cccc2c1. The van der Waals surface area contributed by atoms with Gasteiger partial charge in [-0.15, -0.1) is 0 Å². The van der Waals surface area contributed by atoms with E-state index in [0.29, 0.717) is 0 Å². The van der Waals surface area contributed by atoms with Gasteiger partial charge in [0.05, 0.1) is 11.0 Å². The van der Waals surface area contributed by atoms with Crippen LogP contribution in [0, 0.1) is 0 Å². The van der Waals surface area contributed by atoms with E-state index in [1.54, 1.807) is 0 Å². The van der Waals surface area contributed by atoms with E-state index in [4.69, 9.17) is 0 Å². The first-order valence-electron chi connectivity index (χ1n) is 6.61. The smallest absolute Gasteiger partial charge is 0.0781 e. The predicted octanol–water partition coefficient (Wildman–Crippen LogP) is 4.45. The summed E-state index contributed by atoms with van der Waals surface area (Å²) in [5.74, 6) is 0. The summed E-state index contributed by atoms with van der Waals surface area (Å²) >= 11 is 0. The largest absolute Gasteiger partial charge is 0.256 e. The number of para-hydroxylation sites is 2. The van der Waals surface area contributed by atoms with Gasteiger partial charge >= 0.3 is 0 Å². The lowest BCUT2D eigenvalue weighted by Gasteiger charge is -2.08. The average Bonchev–Trinajstić information content (AvgIpc) is 2.54. The Morgan fingerprint density at radius 3 is 1.45 bits per heavy atom. The van der Waals surface area contributed by atoms with Crippen molar-refractivity contribution in [3.63, 3.8) is 0 Å². The van der Waals surface area contributed by atoms with E-state index in [-0.39, 0.29) is 0 Å². The number of fused-ring (bicyclic) bond motifs is 2. The molecule has 20 heavy (non-hydrogen) atoms. The van der Waals surface area contributed by atoms with E-state index in [1.807, 2.05) is 24.5 Å². The van der Waals surface area contributed by atoms with Gasteiger partial charge in [-0.25, -0.2) is 0 Å². The quantitative estimate of drug-likeness (QED) is 0.503. The maximum Gasteiger partial charge on any atom is 0.0781 e. The maximum absolute atomic E-state index is 4.54. The van der Waals surface area contributed by atoms with Gasteiger partial charge in [0.25, 0.3) is 0 Å². The number of nitrogens with zero attached hydrogens (tertiary/aromatic N) is 2. The molecule has 2 aromatic heterocycles. The van der Waals surface area contributed by atoms with Crippen LogP contribution in [0.5, 0.6) is 0 Å². The molecule has 4 rings (SSSR count). The Labute approximate surface area is 116 Å². The number of hydrogen-bond acceptors (Lipinski definition) is 2. The van der Waals surface area contributed by atoms with Crippen molar-refractivity contribution in [2.24, 2.45) is 0 Å². The third-order valence-corrected chi connectivity index (χ3v) is 3.56. The van der Waals surface area contributed by atoms with Crippen molar-refractivity contribution in [2.45, 2.75) is 0 Å². The highest BCUT2D eigenvalue weighted by Gasteiger charge is 2.08. The van der Waals surface area contributed by atoms with Crippen molar-refractivity contribution in [3.05, 3.63) is 73.1 Å². The number of hydrogen-bond donors (Lipinski definition) is 0. The number of benzene rings is 2. The molecule has 0 radical (unpaired) electrons. The molecule has 2 heteroatoms. The molecule has 0 saturated carbocycles. The molecule has 0 N–H and O–H groups in total. The van der Waals surface area contributed by atoms with Crippen LogP contribution >= 0.6 is 0 Å². The molecule has 0 atom stereocenters. The van der Waals surface area contributed by atoms with Crippen LogP contribution in [0.3, 0.4) is 0 Å². The Bertz CT molecular complexity index is 825. The van der Waals surface area contributed by atoms with Crippen LogP contribution in [0.4, 0.5) is 0 Å². The molecule has 0 saturated heterocycles. The van der Waals surface area contributed by atoms with Gasteiger partial charge in [0.15, 0.2) is 0 Å². The van der Waals surface area contributed by atoms with Gasteiger partial charge in [0.2, 0.25) is 0 Å². The second-order valence-electron chi connectivity index (χ2n) is 4.76. The number of pyridine rings is 2.